The summed E-state index contributed by atoms with van der Waals surface area (Å²) in [6.07, 6.45) is 0. The number of methoxy groups -OCH3 is 1. The summed E-state index contributed by atoms with van der Waals surface area (Å²) in [4.78, 5) is 25.3. The van der Waals surface area contributed by atoms with Gasteiger partial charge >= 0.3 is 11.7 Å². The van der Waals surface area contributed by atoms with Crippen molar-refractivity contribution >= 4 is 17.0 Å². The van der Waals surface area contributed by atoms with Gasteiger partial charge in [0.2, 0.25) is 0 Å². The zero-order valence-corrected chi connectivity index (χ0v) is 10.9. The Kier molecular flexibility index (Phi) is 2.86. The number of piperazine rings is 1. The van der Waals surface area contributed by atoms with Gasteiger partial charge in [0.15, 0.2) is 11.5 Å². The first kappa shape index (κ1) is 12.0. The highest BCUT2D eigenvalue weighted by atomic mass is 16.5. The van der Waals surface area contributed by atoms with Crippen molar-refractivity contribution in [3.63, 3.8) is 0 Å². The smallest absolute Gasteiger partial charge is 0.327 e. The highest BCUT2D eigenvalue weighted by Gasteiger charge is 2.20. The molecule has 2 aromatic rings. The van der Waals surface area contributed by atoms with Crippen molar-refractivity contribution in [2.24, 2.45) is 7.05 Å². The van der Waals surface area contributed by atoms with Crippen LogP contribution in [-0.4, -0.2) is 52.8 Å². The Morgan fingerprint density at radius 2 is 2.00 bits per heavy atom. The molecular formula is C11H16N6O2. The van der Waals surface area contributed by atoms with Crippen molar-refractivity contribution < 1.29 is 4.74 Å². The van der Waals surface area contributed by atoms with Crippen LogP contribution in [-0.2, 0) is 7.05 Å². The number of rotatable bonds is 2. The molecule has 1 saturated heterocycles. The molecular weight excluding hydrogens is 248 g/mol. The predicted molar refractivity (Wildman–Crippen MR) is 70.8 cm³/mol. The van der Waals surface area contributed by atoms with E-state index in [1.165, 1.54) is 11.7 Å². The lowest BCUT2D eigenvalue weighted by atomic mass is 10.3. The van der Waals surface area contributed by atoms with E-state index >= 15 is 0 Å². The van der Waals surface area contributed by atoms with Gasteiger partial charge < -0.3 is 19.9 Å². The van der Waals surface area contributed by atoms with Crippen LogP contribution in [0.3, 0.4) is 0 Å². The van der Waals surface area contributed by atoms with Gasteiger partial charge in [-0.15, -0.1) is 0 Å². The van der Waals surface area contributed by atoms with Crippen molar-refractivity contribution in [2.45, 2.75) is 0 Å². The van der Waals surface area contributed by atoms with Crippen LogP contribution < -0.4 is 20.6 Å². The summed E-state index contributed by atoms with van der Waals surface area (Å²) < 4.78 is 6.59. The fraction of sp³-hybridized carbons (Fsp3) is 0.545. The van der Waals surface area contributed by atoms with E-state index in [0.717, 1.165) is 32.0 Å². The van der Waals surface area contributed by atoms with Crippen molar-refractivity contribution in [1.82, 2.24) is 24.8 Å². The van der Waals surface area contributed by atoms with E-state index < -0.39 is 0 Å². The fourth-order valence-corrected chi connectivity index (χ4v) is 2.26. The monoisotopic (exact) mass is 264 g/mol. The Bertz CT molecular complexity index is 655. The molecule has 102 valence electrons. The van der Waals surface area contributed by atoms with E-state index in [9.17, 15) is 4.79 Å². The Labute approximate surface area is 109 Å². The number of aromatic amines is 1. The van der Waals surface area contributed by atoms with E-state index in [0.29, 0.717) is 11.2 Å². The average molecular weight is 264 g/mol. The third-order valence-corrected chi connectivity index (χ3v) is 3.30. The topological polar surface area (TPSA) is 88.1 Å². The summed E-state index contributed by atoms with van der Waals surface area (Å²) in [5, 5.41) is 3.28. The standard InChI is InChI=1S/C11H16N6O2/c1-16-8-7(13-11(16)18)9(15-10(14-8)19-2)17-5-3-12-4-6-17/h12H,3-6H2,1-2H3,(H,13,18). The maximum atomic E-state index is 11.7. The molecule has 0 amide bonds. The molecule has 2 aromatic heterocycles. The van der Waals surface area contributed by atoms with Crippen LogP contribution in [0, 0.1) is 0 Å². The maximum absolute atomic E-state index is 11.7. The summed E-state index contributed by atoms with van der Waals surface area (Å²) in [6.45, 7) is 3.47. The van der Waals surface area contributed by atoms with E-state index in [4.69, 9.17) is 4.74 Å². The number of imidazole rings is 1. The minimum atomic E-state index is -0.200. The van der Waals surface area contributed by atoms with Gasteiger partial charge in [0.1, 0.15) is 5.52 Å². The first-order chi connectivity index (χ1) is 9.20. The molecule has 19 heavy (non-hydrogen) atoms. The predicted octanol–water partition coefficient (Wildman–Crippen LogP) is -0.925. The Morgan fingerprint density at radius 1 is 1.26 bits per heavy atom. The number of hydrogen-bond acceptors (Lipinski definition) is 6. The number of nitrogens with zero attached hydrogens (tertiary/aromatic N) is 4. The maximum Gasteiger partial charge on any atom is 0.327 e. The van der Waals surface area contributed by atoms with Crippen molar-refractivity contribution in [3.8, 4) is 6.01 Å². The molecule has 1 aliphatic rings. The minimum absolute atomic E-state index is 0.200. The zero-order chi connectivity index (χ0) is 13.4. The molecule has 0 atom stereocenters. The first-order valence-corrected chi connectivity index (χ1v) is 6.17. The summed E-state index contributed by atoms with van der Waals surface area (Å²) in [5.41, 5.74) is 1.02. The SMILES string of the molecule is COc1nc(N2CCNCC2)c2[nH]c(=O)n(C)c2n1. The molecule has 2 N–H and O–H groups in total. The molecule has 8 nitrogen and oxygen atoms in total. The third kappa shape index (κ3) is 1.93. The molecule has 3 heterocycles. The van der Waals surface area contributed by atoms with E-state index in [1.807, 2.05) is 0 Å². The number of fused-ring (bicyclic) bond motifs is 1. The molecule has 0 radical (unpaired) electrons. The molecule has 0 bridgehead atoms. The number of hydrogen-bond donors (Lipinski definition) is 2. The molecule has 0 aliphatic carbocycles. The van der Waals surface area contributed by atoms with Gasteiger partial charge in [-0.05, 0) is 0 Å². The van der Waals surface area contributed by atoms with Gasteiger partial charge in [-0.25, -0.2) is 4.79 Å². The summed E-state index contributed by atoms with van der Waals surface area (Å²) >= 11 is 0. The normalized spacial score (nSPS) is 16.0. The summed E-state index contributed by atoms with van der Waals surface area (Å²) in [7, 11) is 3.20. The lowest BCUT2D eigenvalue weighted by molar-refractivity contribution is 0.381. The van der Waals surface area contributed by atoms with E-state index in [2.05, 4.69) is 25.2 Å². The number of aryl methyl sites for hydroxylation is 1. The minimum Gasteiger partial charge on any atom is -0.467 e. The molecule has 1 fully saturated rings. The molecule has 0 saturated carbocycles. The summed E-state index contributed by atoms with van der Waals surface area (Å²) in [5.74, 6) is 0.723. The van der Waals surface area contributed by atoms with Crippen molar-refractivity contribution in [1.29, 1.82) is 0 Å². The van der Waals surface area contributed by atoms with Crippen LogP contribution in [0.25, 0.3) is 11.2 Å². The van der Waals surface area contributed by atoms with Crippen LogP contribution >= 0.6 is 0 Å². The summed E-state index contributed by atoms with van der Waals surface area (Å²) in [6, 6.07) is 0.274. The Morgan fingerprint density at radius 3 is 2.68 bits per heavy atom. The Hall–Kier alpha value is -2.09. The van der Waals surface area contributed by atoms with Crippen molar-refractivity contribution in [2.75, 3.05) is 38.2 Å². The van der Waals surface area contributed by atoms with Crippen LogP contribution in [0.5, 0.6) is 6.01 Å². The lowest BCUT2D eigenvalue weighted by Gasteiger charge is -2.28. The van der Waals surface area contributed by atoms with Gasteiger partial charge in [0.25, 0.3) is 0 Å². The van der Waals surface area contributed by atoms with Crippen LogP contribution in [0.2, 0.25) is 0 Å². The van der Waals surface area contributed by atoms with Gasteiger partial charge in [-0.2, -0.15) is 9.97 Å². The third-order valence-electron chi connectivity index (χ3n) is 3.30. The van der Waals surface area contributed by atoms with Crippen molar-refractivity contribution in [3.05, 3.63) is 10.5 Å². The molecule has 0 aromatic carbocycles. The van der Waals surface area contributed by atoms with E-state index in [1.54, 1.807) is 7.05 Å². The fourth-order valence-electron chi connectivity index (χ4n) is 2.26. The highest BCUT2D eigenvalue weighted by Crippen LogP contribution is 2.23. The second-order valence-corrected chi connectivity index (χ2v) is 4.46. The second-order valence-electron chi connectivity index (χ2n) is 4.46. The molecule has 0 spiro atoms. The lowest BCUT2D eigenvalue weighted by Crippen LogP contribution is -2.44. The van der Waals surface area contributed by atoms with Gasteiger partial charge in [-0.1, -0.05) is 0 Å². The first-order valence-electron chi connectivity index (χ1n) is 6.17. The number of anilines is 1. The number of ether oxygens (including phenoxy) is 1. The van der Waals surface area contributed by atoms with E-state index in [-0.39, 0.29) is 11.7 Å². The Balaban J connectivity index is 2.20. The largest absolute Gasteiger partial charge is 0.467 e. The highest BCUT2D eigenvalue weighted by molar-refractivity contribution is 5.84. The molecule has 8 heteroatoms. The van der Waals surface area contributed by atoms with Gasteiger partial charge in [-0.3, -0.25) is 4.57 Å². The zero-order valence-electron chi connectivity index (χ0n) is 10.9. The van der Waals surface area contributed by atoms with Crippen LogP contribution in [0.4, 0.5) is 5.82 Å². The average Bonchev–Trinajstić information content (AvgIpc) is 2.74. The molecule has 0 unspecified atom stereocenters. The number of H-pyrrole nitrogens is 1. The number of aromatic nitrogens is 4. The number of nitrogens with one attached hydrogen (secondary N) is 2. The van der Waals surface area contributed by atoms with Crippen LogP contribution in [0.15, 0.2) is 4.79 Å². The van der Waals surface area contributed by atoms with Gasteiger partial charge in [0.05, 0.1) is 7.11 Å². The van der Waals surface area contributed by atoms with Gasteiger partial charge in [0, 0.05) is 33.2 Å². The quantitative estimate of drug-likeness (QED) is 0.729. The van der Waals surface area contributed by atoms with Crippen LogP contribution in [0.1, 0.15) is 0 Å². The molecule has 1 aliphatic heterocycles. The molecule has 3 rings (SSSR count). The second kappa shape index (κ2) is 4.54.